The molecule has 2 atom stereocenters. The number of hydrogen-bond acceptors (Lipinski definition) is 4. The molecule has 5 nitrogen and oxygen atoms in total. The van der Waals surface area contributed by atoms with Gasteiger partial charge >= 0.3 is 11.9 Å². The van der Waals surface area contributed by atoms with Crippen LogP contribution in [-0.4, -0.2) is 28.7 Å². The minimum atomic E-state index is -1.05. The highest BCUT2D eigenvalue weighted by atomic mass is 79.9. The van der Waals surface area contributed by atoms with Gasteiger partial charge in [0, 0.05) is 10.5 Å². The zero-order chi connectivity index (χ0) is 16.2. The monoisotopic (exact) mass is 357 g/mol. The predicted octanol–water partition coefficient (Wildman–Crippen LogP) is 2.68. The van der Waals surface area contributed by atoms with Crippen LogP contribution in [0, 0.1) is 0 Å². The van der Waals surface area contributed by atoms with E-state index in [1.54, 1.807) is 45.0 Å². The molecule has 1 aromatic rings. The molecule has 0 bridgehead atoms. The summed E-state index contributed by atoms with van der Waals surface area (Å²) in [5.74, 6) is -2.37. The van der Waals surface area contributed by atoms with Crippen molar-refractivity contribution in [3.63, 3.8) is 0 Å². The maximum Gasteiger partial charge on any atom is 0.315 e. The Kier molecular flexibility index (Phi) is 5.92. The van der Waals surface area contributed by atoms with Gasteiger partial charge in [-0.25, -0.2) is 0 Å². The van der Waals surface area contributed by atoms with Gasteiger partial charge < -0.3 is 15.6 Å². The Labute approximate surface area is 132 Å². The molecule has 0 saturated carbocycles. The first-order chi connectivity index (χ1) is 9.60. The van der Waals surface area contributed by atoms with Gasteiger partial charge in [-0.3, -0.25) is 9.59 Å². The molecule has 0 heterocycles. The number of esters is 1. The second-order valence-electron chi connectivity index (χ2n) is 5.82. The van der Waals surface area contributed by atoms with Crippen molar-refractivity contribution in [2.45, 2.75) is 44.8 Å². The van der Waals surface area contributed by atoms with E-state index in [0.29, 0.717) is 5.56 Å². The summed E-state index contributed by atoms with van der Waals surface area (Å²) >= 11 is 3.32. The summed E-state index contributed by atoms with van der Waals surface area (Å²) < 4.78 is 6.23. The van der Waals surface area contributed by atoms with Crippen molar-refractivity contribution in [1.82, 2.24) is 0 Å². The highest BCUT2D eigenvalue weighted by Crippen LogP contribution is 2.26. The predicted molar refractivity (Wildman–Crippen MR) is 83.0 cm³/mol. The van der Waals surface area contributed by atoms with Crippen LogP contribution in [0.4, 0.5) is 0 Å². The summed E-state index contributed by atoms with van der Waals surface area (Å²) in [4.78, 5) is 23.2. The Morgan fingerprint density at radius 3 is 2.24 bits per heavy atom. The van der Waals surface area contributed by atoms with E-state index in [2.05, 4.69) is 15.9 Å². The van der Waals surface area contributed by atoms with Crippen molar-refractivity contribution in [2.75, 3.05) is 0 Å². The molecular formula is C15H20BrNO4. The fraction of sp³-hybridized carbons (Fsp3) is 0.467. The number of halogens is 1. The number of nitrogens with two attached hydrogens (primary N) is 1. The van der Waals surface area contributed by atoms with Gasteiger partial charge in [0.15, 0.2) is 0 Å². The third-order valence-electron chi connectivity index (χ3n) is 2.73. The number of carboxylic acid groups (broad SMARTS) is 1. The van der Waals surface area contributed by atoms with Gasteiger partial charge in [0.2, 0.25) is 0 Å². The second kappa shape index (κ2) is 7.04. The van der Waals surface area contributed by atoms with Gasteiger partial charge in [-0.2, -0.15) is 0 Å². The SMILES string of the molecule is CC(C)(C)OC(=O)C(c1ccc(Br)cc1)[C@@H](N)CC(=O)O. The topological polar surface area (TPSA) is 89.6 Å². The minimum Gasteiger partial charge on any atom is -0.481 e. The maximum atomic E-state index is 12.4. The highest BCUT2D eigenvalue weighted by molar-refractivity contribution is 9.10. The molecule has 1 aromatic carbocycles. The Morgan fingerprint density at radius 2 is 1.81 bits per heavy atom. The van der Waals surface area contributed by atoms with Crippen LogP contribution in [0.2, 0.25) is 0 Å². The van der Waals surface area contributed by atoms with E-state index in [1.165, 1.54) is 0 Å². The van der Waals surface area contributed by atoms with Crippen LogP contribution >= 0.6 is 15.9 Å². The quantitative estimate of drug-likeness (QED) is 0.790. The fourth-order valence-electron chi connectivity index (χ4n) is 1.91. The van der Waals surface area contributed by atoms with Crippen molar-refractivity contribution in [2.24, 2.45) is 5.73 Å². The largest absolute Gasteiger partial charge is 0.481 e. The molecular weight excluding hydrogens is 338 g/mol. The summed E-state index contributed by atoms with van der Waals surface area (Å²) in [5.41, 5.74) is 5.90. The first kappa shape index (κ1) is 17.7. The van der Waals surface area contributed by atoms with Gasteiger partial charge in [0.1, 0.15) is 5.60 Å². The summed E-state index contributed by atoms with van der Waals surface area (Å²) in [5, 5.41) is 8.90. The molecule has 0 aliphatic carbocycles. The summed E-state index contributed by atoms with van der Waals surface area (Å²) in [6.45, 7) is 5.27. The zero-order valence-electron chi connectivity index (χ0n) is 12.3. The summed E-state index contributed by atoms with van der Waals surface area (Å²) in [6, 6.07) is 6.18. The lowest BCUT2D eigenvalue weighted by molar-refractivity contribution is -0.157. The molecule has 6 heteroatoms. The van der Waals surface area contributed by atoms with Gasteiger partial charge in [-0.05, 0) is 38.5 Å². The number of carboxylic acids is 1. The molecule has 0 radical (unpaired) electrons. The number of rotatable bonds is 5. The average Bonchev–Trinajstić information content (AvgIpc) is 2.28. The normalized spacial score (nSPS) is 14.3. The Morgan fingerprint density at radius 1 is 1.29 bits per heavy atom. The molecule has 0 fully saturated rings. The third kappa shape index (κ3) is 5.85. The smallest absolute Gasteiger partial charge is 0.315 e. The van der Waals surface area contributed by atoms with E-state index in [4.69, 9.17) is 15.6 Å². The molecule has 0 spiro atoms. The molecule has 116 valence electrons. The molecule has 0 aliphatic rings. The number of benzene rings is 1. The van der Waals surface area contributed by atoms with Crippen molar-refractivity contribution >= 4 is 27.9 Å². The first-order valence-electron chi connectivity index (χ1n) is 6.56. The Balaban J connectivity index is 3.07. The van der Waals surface area contributed by atoms with E-state index in [-0.39, 0.29) is 6.42 Å². The lowest BCUT2D eigenvalue weighted by Crippen LogP contribution is -2.39. The lowest BCUT2D eigenvalue weighted by Gasteiger charge is -2.27. The number of hydrogen-bond donors (Lipinski definition) is 2. The number of carbonyl (C=O) groups excluding carboxylic acids is 1. The Bertz CT molecular complexity index is 507. The van der Waals surface area contributed by atoms with Crippen molar-refractivity contribution in [1.29, 1.82) is 0 Å². The van der Waals surface area contributed by atoms with Gasteiger partial charge in [-0.15, -0.1) is 0 Å². The van der Waals surface area contributed by atoms with Crippen LogP contribution in [-0.2, 0) is 14.3 Å². The van der Waals surface area contributed by atoms with Crippen LogP contribution in [0.1, 0.15) is 38.7 Å². The van der Waals surface area contributed by atoms with Crippen molar-refractivity contribution < 1.29 is 19.4 Å². The molecule has 0 aromatic heterocycles. The van der Waals surface area contributed by atoms with Crippen LogP contribution in [0.3, 0.4) is 0 Å². The van der Waals surface area contributed by atoms with Crippen LogP contribution in [0.5, 0.6) is 0 Å². The van der Waals surface area contributed by atoms with Gasteiger partial charge in [-0.1, -0.05) is 28.1 Å². The molecule has 1 unspecified atom stereocenters. The first-order valence-corrected chi connectivity index (χ1v) is 7.35. The van der Waals surface area contributed by atoms with Crippen LogP contribution < -0.4 is 5.73 Å². The number of carbonyl (C=O) groups is 2. The molecule has 3 N–H and O–H groups in total. The highest BCUT2D eigenvalue weighted by Gasteiger charge is 2.32. The second-order valence-corrected chi connectivity index (χ2v) is 6.74. The minimum absolute atomic E-state index is 0.306. The van der Waals surface area contributed by atoms with E-state index in [1.807, 2.05) is 0 Å². The summed E-state index contributed by atoms with van der Waals surface area (Å²) in [6.07, 6.45) is -0.306. The van der Waals surface area contributed by atoms with E-state index in [0.717, 1.165) is 4.47 Å². The van der Waals surface area contributed by atoms with Crippen molar-refractivity contribution in [3.8, 4) is 0 Å². The van der Waals surface area contributed by atoms with E-state index >= 15 is 0 Å². The van der Waals surface area contributed by atoms with Crippen LogP contribution in [0.25, 0.3) is 0 Å². The lowest BCUT2D eigenvalue weighted by atomic mass is 9.90. The number of ether oxygens (including phenoxy) is 1. The molecule has 21 heavy (non-hydrogen) atoms. The average molecular weight is 358 g/mol. The third-order valence-corrected chi connectivity index (χ3v) is 3.26. The molecule has 0 aliphatic heterocycles. The van der Waals surface area contributed by atoms with Crippen molar-refractivity contribution in [3.05, 3.63) is 34.3 Å². The van der Waals surface area contributed by atoms with Gasteiger partial charge in [0.25, 0.3) is 0 Å². The summed E-state index contributed by atoms with van der Waals surface area (Å²) in [7, 11) is 0. The molecule has 0 amide bonds. The molecule has 0 saturated heterocycles. The number of aliphatic carboxylic acids is 1. The zero-order valence-corrected chi connectivity index (χ0v) is 13.9. The standard InChI is InChI=1S/C15H20BrNO4/c1-15(2,3)21-14(20)13(11(17)8-12(18)19)9-4-6-10(16)7-5-9/h4-7,11,13H,8,17H2,1-3H3,(H,18,19)/t11-,13?/m0/s1. The van der Waals surface area contributed by atoms with Crippen LogP contribution in [0.15, 0.2) is 28.7 Å². The van der Waals surface area contributed by atoms with Gasteiger partial charge in [0.05, 0.1) is 12.3 Å². The Hall–Kier alpha value is -1.40. The van der Waals surface area contributed by atoms with E-state index in [9.17, 15) is 9.59 Å². The van der Waals surface area contributed by atoms with E-state index < -0.39 is 29.5 Å². The fourth-order valence-corrected chi connectivity index (χ4v) is 2.18. The molecule has 1 rings (SSSR count). The maximum absolute atomic E-state index is 12.4.